The van der Waals surface area contributed by atoms with Crippen molar-refractivity contribution in [1.29, 1.82) is 0 Å². The van der Waals surface area contributed by atoms with E-state index in [0.29, 0.717) is 6.04 Å². The summed E-state index contributed by atoms with van der Waals surface area (Å²) in [6.07, 6.45) is 5.63. The van der Waals surface area contributed by atoms with Gasteiger partial charge in [-0.05, 0) is 45.0 Å². The van der Waals surface area contributed by atoms with Gasteiger partial charge in [0.1, 0.15) is 0 Å². The third kappa shape index (κ3) is 2.12. The molecule has 2 rings (SSSR count). The zero-order valence-electron chi connectivity index (χ0n) is 9.42. The van der Waals surface area contributed by atoms with Crippen LogP contribution in [0.3, 0.4) is 0 Å². The number of aryl methyl sites for hydroxylation is 1. The summed E-state index contributed by atoms with van der Waals surface area (Å²) in [6, 6.07) is 2.50. The lowest BCUT2D eigenvalue weighted by atomic mass is 9.96. The van der Waals surface area contributed by atoms with Crippen molar-refractivity contribution in [1.82, 2.24) is 9.88 Å². The third-order valence-electron chi connectivity index (χ3n) is 3.27. The highest BCUT2D eigenvalue weighted by molar-refractivity contribution is 5.20. The van der Waals surface area contributed by atoms with Gasteiger partial charge in [0, 0.05) is 17.8 Å². The van der Waals surface area contributed by atoms with E-state index in [-0.39, 0.29) is 5.56 Å². The predicted molar refractivity (Wildman–Crippen MR) is 61.0 cm³/mol. The molecule has 0 bridgehead atoms. The molecule has 0 spiro atoms. The van der Waals surface area contributed by atoms with Gasteiger partial charge in [0.25, 0.3) is 5.56 Å². The van der Waals surface area contributed by atoms with E-state index in [2.05, 4.69) is 16.9 Å². The first-order valence-electron chi connectivity index (χ1n) is 5.58. The molecule has 3 heteroatoms. The van der Waals surface area contributed by atoms with Crippen LogP contribution in [0.4, 0.5) is 0 Å². The molecule has 0 aromatic carbocycles. The van der Waals surface area contributed by atoms with E-state index in [4.69, 9.17) is 0 Å². The summed E-state index contributed by atoms with van der Waals surface area (Å²) in [6.45, 7) is 3.02. The maximum absolute atomic E-state index is 11.3. The number of aromatic amines is 1. The highest BCUT2D eigenvalue weighted by Gasteiger charge is 2.20. The Balaban J connectivity index is 2.28. The number of nitrogens with one attached hydrogen (secondary N) is 1. The van der Waals surface area contributed by atoms with Crippen LogP contribution in [0.5, 0.6) is 0 Å². The molecule has 0 aliphatic carbocycles. The van der Waals surface area contributed by atoms with E-state index in [1.165, 1.54) is 24.8 Å². The maximum atomic E-state index is 11.3. The van der Waals surface area contributed by atoms with Crippen LogP contribution < -0.4 is 5.56 Å². The Morgan fingerprint density at radius 2 is 2.27 bits per heavy atom. The minimum absolute atomic E-state index is 0.0252. The molecule has 1 saturated heterocycles. The second kappa shape index (κ2) is 4.19. The summed E-state index contributed by atoms with van der Waals surface area (Å²) < 4.78 is 0. The van der Waals surface area contributed by atoms with Gasteiger partial charge in [-0.1, -0.05) is 6.42 Å². The average molecular weight is 206 g/mol. The summed E-state index contributed by atoms with van der Waals surface area (Å²) in [5.74, 6) is 0. The number of aromatic nitrogens is 1. The Bertz CT molecular complexity index is 397. The summed E-state index contributed by atoms with van der Waals surface area (Å²) in [4.78, 5) is 16.4. The molecular formula is C12H18N2O. The van der Waals surface area contributed by atoms with Crippen molar-refractivity contribution in [3.8, 4) is 0 Å². The fourth-order valence-corrected chi connectivity index (χ4v) is 2.31. The number of H-pyrrole nitrogens is 1. The zero-order valence-corrected chi connectivity index (χ0v) is 9.42. The predicted octanol–water partition coefficient (Wildman–Crippen LogP) is 1.84. The Morgan fingerprint density at radius 3 is 2.93 bits per heavy atom. The van der Waals surface area contributed by atoms with E-state index in [1.807, 2.05) is 19.2 Å². The molecule has 1 aliphatic heterocycles. The van der Waals surface area contributed by atoms with E-state index in [0.717, 1.165) is 12.1 Å². The number of piperidine rings is 1. The van der Waals surface area contributed by atoms with Gasteiger partial charge in [-0.25, -0.2) is 0 Å². The fraction of sp³-hybridized carbons (Fsp3) is 0.583. The molecule has 0 saturated carbocycles. The fourth-order valence-electron chi connectivity index (χ4n) is 2.31. The van der Waals surface area contributed by atoms with Crippen molar-refractivity contribution in [3.63, 3.8) is 0 Å². The molecule has 2 heterocycles. The molecule has 0 amide bonds. The van der Waals surface area contributed by atoms with Gasteiger partial charge in [0.05, 0.1) is 0 Å². The quantitative estimate of drug-likeness (QED) is 0.761. The summed E-state index contributed by atoms with van der Waals surface area (Å²) in [5.41, 5.74) is 2.08. The smallest absolute Gasteiger partial charge is 0.250 e. The topological polar surface area (TPSA) is 36.1 Å². The maximum Gasteiger partial charge on any atom is 0.250 e. The van der Waals surface area contributed by atoms with Crippen molar-refractivity contribution >= 4 is 0 Å². The average Bonchev–Trinajstić information content (AvgIpc) is 2.23. The first-order valence-corrected chi connectivity index (χ1v) is 5.58. The highest BCUT2D eigenvalue weighted by Crippen LogP contribution is 2.28. The molecular weight excluding hydrogens is 188 g/mol. The lowest BCUT2D eigenvalue weighted by Crippen LogP contribution is -2.30. The van der Waals surface area contributed by atoms with E-state index >= 15 is 0 Å². The second-order valence-electron chi connectivity index (χ2n) is 4.44. The summed E-state index contributed by atoms with van der Waals surface area (Å²) >= 11 is 0. The standard InChI is InChI=1S/C12H18N2O/c1-9-7-10(8-13-12(9)15)11-5-3-4-6-14(11)2/h7-8,11H,3-6H2,1-2H3,(H,13,15)/t11-/m0/s1. The molecule has 0 unspecified atom stereocenters. The Hall–Kier alpha value is -1.09. The van der Waals surface area contributed by atoms with Crippen LogP contribution in [-0.4, -0.2) is 23.5 Å². The van der Waals surface area contributed by atoms with Crippen molar-refractivity contribution in [2.45, 2.75) is 32.2 Å². The van der Waals surface area contributed by atoms with Crippen LogP contribution in [-0.2, 0) is 0 Å². The van der Waals surface area contributed by atoms with Crippen molar-refractivity contribution in [3.05, 3.63) is 33.7 Å². The van der Waals surface area contributed by atoms with Gasteiger partial charge in [0.2, 0.25) is 0 Å². The normalized spacial score (nSPS) is 22.9. The Morgan fingerprint density at radius 1 is 1.47 bits per heavy atom. The van der Waals surface area contributed by atoms with Gasteiger partial charge < -0.3 is 4.98 Å². The number of likely N-dealkylation sites (tertiary alicyclic amines) is 1. The number of nitrogens with zero attached hydrogens (tertiary/aromatic N) is 1. The lowest BCUT2D eigenvalue weighted by Gasteiger charge is -2.32. The summed E-state index contributed by atoms with van der Waals surface area (Å²) in [5, 5.41) is 0. The van der Waals surface area contributed by atoms with E-state index in [1.54, 1.807) is 0 Å². The number of hydrogen-bond donors (Lipinski definition) is 1. The van der Waals surface area contributed by atoms with Gasteiger partial charge in [-0.2, -0.15) is 0 Å². The van der Waals surface area contributed by atoms with E-state index in [9.17, 15) is 4.79 Å². The monoisotopic (exact) mass is 206 g/mol. The third-order valence-corrected chi connectivity index (χ3v) is 3.27. The zero-order chi connectivity index (χ0) is 10.8. The van der Waals surface area contributed by atoms with Gasteiger partial charge in [-0.3, -0.25) is 9.69 Å². The molecule has 15 heavy (non-hydrogen) atoms. The molecule has 1 fully saturated rings. The second-order valence-corrected chi connectivity index (χ2v) is 4.44. The number of hydrogen-bond acceptors (Lipinski definition) is 2. The van der Waals surface area contributed by atoms with Gasteiger partial charge in [-0.15, -0.1) is 0 Å². The minimum atomic E-state index is 0.0252. The van der Waals surface area contributed by atoms with Crippen LogP contribution >= 0.6 is 0 Å². The summed E-state index contributed by atoms with van der Waals surface area (Å²) in [7, 11) is 2.16. The minimum Gasteiger partial charge on any atom is -0.329 e. The first kappa shape index (κ1) is 10.4. The van der Waals surface area contributed by atoms with Crippen LogP contribution in [0, 0.1) is 6.92 Å². The molecule has 3 nitrogen and oxygen atoms in total. The van der Waals surface area contributed by atoms with Crippen LogP contribution in [0.2, 0.25) is 0 Å². The van der Waals surface area contributed by atoms with Crippen LogP contribution in [0.15, 0.2) is 17.1 Å². The van der Waals surface area contributed by atoms with Crippen molar-refractivity contribution in [2.24, 2.45) is 0 Å². The highest BCUT2D eigenvalue weighted by atomic mass is 16.1. The molecule has 1 N–H and O–H groups in total. The first-order chi connectivity index (χ1) is 7.18. The van der Waals surface area contributed by atoms with Crippen LogP contribution in [0.25, 0.3) is 0 Å². The van der Waals surface area contributed by atoms with Gasteiger partial charge >= 0.3 is 0 Å². The molecule has 1 aromatic rings. The van der Waals surface area contributed by atoms with Crippen LogP contribution in [0.1, 0.15) is 36.4 Å². The molecule has 1 aliphatic rings. The van der Waals surface area contributed by atoms with E-state index < -0.39 is 0 Å². The SMILES string of the molecule is Cc1cc([C@@H]2CCCCN2C)c[nH]c1=O. The number of pyridine rings is 1. The van der Waals surface area contributed by atoms with Gasteiger partial charge in [0.15, 0.2) is 0 Å². The molecule has 82 valence electrons. The Labute approximate surface area is 90.1 Å². The Kier molecular flexibility index (Phi) is 2.91. The number of rotatable bonds is 1. The molecule has 1 atom stereocenters. The van der Waals surface area contributed by atoms with Crippen molar-refractivity contribution < 1.29 is 0 Å². The molecule has 1 aromatic heterocycles. The largest absolute Gasteiger partial charge is 0.329 e. The molecule has 0 radical (unpaired) electrons. The lowest BCUT2D eigenvalue weighted by molar-refractivity contribution is 0.187. The van der Waals surface area contributed by atoms with Crippen molar-refractivity contribution in [2.75, 3.05) is 13.6 Å².